The molecule has 17 atom stereocenters. The molecule has 0 aliphatic carbocycles. The lowest BCUT2D eigenvalue weighted by Gasteiger charge is -2.48. The number of allylic oxidation sites excluding steroid dienone is 18. The Labute approximate surface area is 545 Å². The minimum Gasteiger partial charge on any atom is -0.394 e. The van der Waals surface area contributed by atoms with Gasteiger partial charge in [0.25, 0.3) is 0 Å². The van der Waals surface area contributed by atoms with Gasteiger partial charge in [-0.15, -0.1) is 0 Å². The van der Waals surface area contributed by atoms with E-state index in [9.17, 15) is 61.0 Å². The molecule has 3 aliphatic rings. The van der Waals surface area contributed by atoms with Crippen molar-refractivity contribution in [1.82, 2.24) is 5.32 Å². The minimum absolute atomic E-state index is 0.255. The van der Waals surface area contributed by atoms with Crippen LogP contribution < -0.4 is 5.32 Å². The molecule has 0 saturated carbocycles. The average molecular weight is 1290 g/mol. The number of carbonyl (C=O) groups excluding carboxylic acids is 1. The molecule has 0 bridgehead atoms. The Morgan fingerprint density at radius 1 is 0.407 bits per heavy atom. The van der Waals surface area contributed by atoms with Crippen molar-refractivity contribution in [2.45, 2.75) is 311 Å². The highest BCUT2D eigenvalue weighted by Gasteiger charge is 2.53. The van der Waals surface area contributed by atoms with E-state index in [-0.39, 0.29) is 18.9 Å². The molecule has 19 nitrogen and oxygen atoms in total. The van der Waals surface area contributed by atoms with E-state index in [1.54, 1.807) is 0 Å². The van der Waals surface area contributed by atoms with Gasteiger partial charge in [-0.25, -0.2) is 0 Å². The molecule has 0 radical (unpaired) electrons. The van der Waals surface area contributed by atoms with Gasteiger partial charge in [0, 0.05) is 6.42 Å². The van der Waals surface area contributed by atoms with Crippen molar-refractivity contribution in [1.29, 1.82) is 0 Å². The van der Waals surface area contributed by atoms with Gasteiger partial charge in [0.15, 0.2) is 18.9 Å². The molecule has 3 saturated heterocycles. The predicted octanol–water partition coefficient (Wildman–Crippen LogP) is 9.05. The number of amides is 1. The molecule has 0 aromatic carbocycles. The summed E-state index contributed by atoms with van der Waals surface area (Å²) in [5.74, 6) is -0.256. The Morgan fingerprint density at radius 2 is 0.758 bits per heavy atom. The lowest BCUT2D eigenvalue weighted by Crippen LogP contribution is -2.66. The van der Waals surface area contributed by atoms with Crippen LogP contribution in [0.25, 0.3) is 0 Å². The first kappa shape index (κ1) is 81.7. The number of carbonyl (C=O) groups is 1. The lowest BCUT2D eigenvalue weighted by atomic mass is 9.96. The monoisotopic (exact) mass is 1290 g/mol. The molecule has 17 unspecified atom stereocenters. The molecular formula is C72H121NO18. The van der Waals surface area contributed by atoms with E-state index in [1.165, 1.54) is 44.9 Å². The zero-order chi connectivity index (χ0) is 66.1. The molecule has 0 aromatic rings. The van der Waals surface area contributed by atoms with E-state index in [4.69, 9.17) is 28.4 Å². The molecule has 3 aliphatic heterocycles. The lowest BCUT2D eigenvalue weighted by molar-refractivity contribution is -0.379. The summed E-state index contributed by atoms with van der Waals surface area (Å²) in [6, 6.07) is -0.892. The van der Waals surface area contributed by atoms with Crippen LogP contribution in [0.15, 0.2) is 109 Å². The van der Waals surface area contributed by atoms with Crippen LogP contribution in [0.1, 0.15) is 206 Å². The van der Waals surface area contributed by atoms with Crippen molar-refractivity contribution in [3.8, 4) is 0 Å². The number of hydrogen-bond donors (Lipinski definition) is 12. The van der Waals surface area contributed by atoms with E-state index in [0.717, 1.165) is 128 Å². The zero-order valence-electron chi connectivity index (χ0n) is 55.0. The highest BCUT2D eigenvalue weighted by molar-refractivity contribution is 5.76. The van der Waals surface area contributed by atoms with Gasteiger partial charge in [0.05, 0.1) is 38.6 Å². The summed E-state index contributed by atoms with van der Waals surface area (Å²) < 4.78 is 34.2. The molecule has 3 heterocycles. The van der Waals surface area contributed by atoms with Gasteiger partial charge in [-0.05, 0) is 83.5 Å². The van der Waals surface area contributed by atoms with E-state index >= 15 is 0 Å². The maximum absolute atomic E-state index is 13.3. The van der Waals surface area contributed by atoms with Crippen LogP contribution in [0.4, 0.5) is 0 Å². The Hall–Kier alpha value is -3.55. The maximum atomic E-state index is 13.3. The van der Waals surface area contributed by atoms with Crippen molar-refractivity contribution in [3.05, 3.63) is 109 Å². The summed E-state index contributed by atoms with van der Waals surface area (Å²) in [6.07, 6.45) is 43.8. The van der Waals surface area contributed by atoms with Gasteiger partial charge >= 0.3 is 0 Å². The van der Waals surface area contributed by atoms with E-state index < -0.39 is 124 Å². The number of rotatable bonds is 51. The van der Waals surface area contributed by atoms with Crippen molar-refractivity contribution in [3.63, 3.8) is 0 Å². The molecule has 522 valence electrons. The van der Waals surface area contributed by atoms with Gasteiger partial charge in [0.2, 0.25) is 5.91 Å². The highest BCUT2D eigenvalue weighted by atomic mass is 16.8. The van der Waals surface area contributed by atoms with Crippen molar-refractivity contribution >= 4 is 5.91 Å². The first-order valence-corrected chi connectivity index (χ1v) is 34.6. The van der Waals surface area contributed by atoms with Gasteiger partial charge in [-0.2, -0.15) is 0 Å². The number of aliphatic hydroxyl groups excluding tert-OH is 11. The van der Waals surface area contributed by atoms with Gasteiger partial charge in [0.1, 0.15) is 73.2 Å². The molecule has 91 heavy (non-hydrogen) atoms. The number of hydrogen-bond acceptors (Lipinski definition) is 18. The maximum Gasteiger partial charge on any atom is 0.220 e. The molecule has 0 aromatic heterocycles. The molecular weight excluding hydrogens is 1170 g/mol. The van der Waals surface area contributed by atoms with Crippen LogP contribution >= 0.6 is 0 Å². The normalized spacial score (nSPS) is 28.6. The third kappa shape index (κ3) is 34.6. The first-order chi connectivity index (χ1) is 44.3. The fourth-order valence-electron chi connectivity index (χ4n) is 11.0. The average Bonchev–Trinajstić information content (AvgIpc) is 1.40. The van der Waals surface area contributed by atoms with Crippen LogP contribution in [0.5, 0.6) is 0 Å². The molecule has 0 spiro atoms. The van der Waals surface area contributed by atoms with E-state index in [1.807, 2.05) is 0 Å². The Bertz CT molecular complexity index is 2070. The molecule has 1 amide bonds. The topological polar surface area (TPSA) is 307 Å². The van der Waals surface area contributed by atoms with Crippen LogP contribution in [-0.2, 0) is 33.2 Å². The quantitative estimate of drug-likeness (QED) is 0.0200. The third-order valence-electron chi connectivity index (χ3n) is 16.6. The number of nitrogens with one attached hydrogen (secondary N) is 1. The van der Waals surface area contributed by atoms with Crippen LogP contribution in [0, 0.1) is 0 Å². The molecule has 12 N–H and O–H groups in total. The predicted molar refractivity (Wildman–Crippen MR) is 355 cm³/mol. The molecule has 19 heteroatoms. The Kier molecular flexibility index (Phi) is 47.3. The van der Waals surface area contributed by atoms with Gasteiger partial charge in [-0.1, -0.05) is 226 Å². The van der Waals surface area contributed by atoms with Crippen molar-refractivity contribution in [2.75, 3.05) is 26.4 Å². The second-order valence-electron chi connectivity index (χ2n) is 24.3. The Balaban J connectivity index is 1.28. The van der Waals surface area contributed by atoms with E-state index in [0.29, 0.717) is 12.8 Å². The molecule has 3 rings (SSSR count). The summed E-state index contributed by atoms with van der Waals surface area (Å²) in [4.78, 5) is 13.3. The van der Waals surface area contributed by atoms with Crippen LogP contribution in [0.2, 0.25) is 0 Å². The number of unbranched alkanes of at least 4 members (excludes halogenated alkanes) is 17. The van der Waals surface area contributed by atoms with Crippen molar-refractivity contribution < 1.29 is 89.4 Å². The summed E-state index contributed by atoms with van der Waals surface area (Å²) in [5, 5.41) is 120. The number of ether oxygens (including phenoxy) is 6. The Morgan fingerprint density at radius 3 is 1.19 bits per heavy atom. The number of aliphatic hydroxyl groups is 11. The van der Waals surface area contributed by atoms with Gasteiger partial charge < -0.3 is 89.9 Å². The second kappa shape index (κ2) is 52.7. The summed E-state index contributed by atoms with van der Waals surface area (Å²) >= 11 is 0. The van der Waals surface area contributed by atoms with Crippen LogP contribution in [0.3, 0.4) is 0 Å². The third-order valence-corrected chi connectivity index (χ3v) is 16.6. The van der Waals surface area contributed by atoms with Crippen LogP contribution in [-0.4, -0.2) is 193 Å². The largest absolute Gasteiger partial charge is 0.394 e. The summed E-state index contributed by atoms with van der Waals surface area (Å²) in [5.41, 5.74) is 0. The smallest absolute Gasteiger partial charge is 0.220 e. The SMILES string of the molecule is CC/C=C\C/C=C\C/C=C\C/C=C\C/C=C\C/C=C\C/C=C\C/C=C\C/C=C\CCCCCCCCCCCCCC(=O)NC(COC1OC(CO)C(OC2OC(CO)C(OC3OC(CO)C(O)C(O)C3O)C(O)C2O)C(O)C1O)C(O)CCCCCCCCC. The highest BCUT2D eigenvalue weighted by Crippen LogP contribution is 2.33. The summed E-state index contributed by atoms with van der Waals surface area (Å²) in [7, 11) is 0. The minimum atomic E-state index is -1.97. The van der Waals surface area contributed by atoms with E-state index in [2.05, 4.69) is 129 Å². The second-order valence-corrected chi connectivity index (χ2v) is 24.3. The fraction of sp³-hybridized carbons (Fsp3) is 0.736. The standard InChI is InChI=1S/C72H121NO18/c1-3-5-7-9-11-12-13-14-15-16-17-18-19-20-21-22-23-24-25-26-27-28-29-30-31-32-33-34-35-36-37-38-39-40-41-42-44-46-48-50-60(78)73-55(56(77)49-47-45-43-10-8-6-4-2)54-86-70-66(84)63(81)68(58(52-75)88-70)91-72-67(85)64(82)69(59(53-76)89-72)90-71-65(83)62(80)61(79)57(51-74)87-71/h5,7,11-12,14-15,17-18,20-21,23-24,26-27,29-30,32-33,55-59,61-72,74-77,79-85H,3-4,6,8-10,13,16,19,22,25,28,31,34-54H2,1-2H3,(H,73,78)/b7-5-,12-11-,15-14-,18-17-,21-20-,24-23-,27-26-,30-29-,33-32-. The fourth-order valence-corrected chi connectivity index (χ4v) is 11.0. The summed E-state index contributed by atoms with van der Waals surface area (Å²) in [6.45, 7) is 1.59. The first-order valence-electron chi connectivity index (χ1n) is 34.6. The zero-order valence-corrected chi connectivity index (χ0v) is 55.0. The van der Waals surface area contributed by atoms with Crippen molar-refractivity contribution in [2.24, 2.45) is 0 Å². The van der Waals surface area contributed by atoms with Gasteiger partial charge in [-0.3, -0.25) is 4.79 Å². The molecule has 3 fully saturated rings.